The standard InChI is InChI=1S/C19H13N5S/c20-18-10-21-15(9-22-18)12-5-13-8-23-24-19(13)14(6-12)17-7-11-3-1-2-4-16(11)25-17/h1-10H,(H2,20,22)(H,23,24). The molecule has 3 N–H and O–H groups in total. The van der Waals surface area contributed by atoms with E-state index < -0.39 is 0 Å². The Kier molecular flexibility index (Phi) is 3.05. The van der Waals surface area contributed by atoms with Gasteiger partial charge in [-0.05, 0) is 29.7 Å². The number of hydrogen-bond donors (Lipinski definition) is 2. The average molecular weight is 343 g/mol. The number of rotatable bonds is 2. The fraction of sp³-hybridized carbons (Fsp3) is 0. The lowest BCUT2D eigenvalue weighted by molar-refractivity contribution is 1.12. The molecule has 0 amide bonds. The van der Waals surface area contributed by atoms with E-state index in [9.17, 15) is 0 Å². The largest absolute Gasteiger partial charge is 0.382 e. The molecule has 0 unspecified atom stereocenters. The number of H-pyrrole nitrogens is 1. The summed E-state index contributed by atoms with van der Waals surface area (Å²) in [4.78, 5) is 9.75. The zero-order valence-electron chi connectivity index (χ0n) is 13.1. The molecule has 25 heavy (non-hydrogen) atoms. The van der Waals surface area contributed by atoms with Gasteiger partial charge in [-0.3, -0.25) is 10.1 Å². The molecule has 0 radical (unpaired) electrons. The summed E-state index contributed by atoms with van der Waals surface area (Å²) in [6, 6.07) is 14.8. The van der Waals surface area contributed by atoms with E-state index in [2.05, 4.69) is 62.6 Å². The molecule has 0 aliphatic rings. The Balaban J connectivity index is 1.76. The highest BCUT2D eigenvalue weighted by atomic mass is 32.1. The summed E-state index contributed by atoms with van der Waals surface area (Å²) in [6.45, 7) is 0. The summed E-state index contributed by atoms with van der Waals surface area (Å²) < 4.78 is 1.27. The van der Waals surface area contributed by atoms with Crippen LogP contribution in [0.4, 0.5) is 5.82 Å². The molecule has 120 valence electrons. The smallest absolute Gasteiger partial charge is 0.141 e. The second-order valence-corrected chi connectivity index (χ2v) is 6.92. The minimum absolute atomic E-state index is 0.415. The molecule has 0 fully saturated rings. The molecule has 5 nitrogen and oxygen atoms in total. The highest BCUT2D eigenvalue weighted by Gasteiger charge is 2.13. The van der Waals surface area contributed by atoms with Crippen molar-refractivity contribution in [3.05, 3.63) is 61.1 Å². The van der Waals surface area contributed by atoms with Crippen LogP contribution < -0.4 is 5.73 Å². The average Bonchev–Trinajstić information content (AvgIpc) is 3.28. The molecular formula is C19H13N5S. The van der Waals surface area contributed by atoms with Crippen molar-refractivity contribution in [1.29, 1.82) is 0 Å². The molecule has 3 heterocycles. The lowest BCUT2D eigenvalue weighted by atomic mass is 10.0. The van der Waals surface area contributed by atoms with Gasteiger partial charge in [-0.2, -0.15) is 5.10 Å². The summed E-state index contributed by atoms with van der Waals surface area (Å²) in [7, 11) is 0. The number of nitrogens with two attached hydrogens (primary N) is 1. The maximum Gasteiger partial charge on any atom is 0.141 e. The van der Waals surface area contributed by atoms with E-state index in [0.717, 1.165) is 27.7 Å². The Labute approximate surface area is 147 Å². The van der Waals surface area contributed by atoms with Crippen molar-refractivity contribution < 1.29 is 0 Å². The Hall–Kier alpha value is -3.25. The van der Waals surface area contributed by atoms with Crippen molar-refractivity contribution in [2.24, 2.45) is 0 Å². The number of nitrogens with zero attached hydrogens (tertiary/aromatic N) is 3. The van der Waals surface area contributed by atoms with Gasteiger partial charge >= 0.3 is 0 Å². The normalized spacial score (nSPS) is 11.4. The van der Waals surface area contributed by atoms with Crippen molar-refractivity contribution in [3.8, 4) is 21.7 Å². The van der Waals surface area contributed by atoms with Crippen LogP contribution in [0.1, 0.15) is 0 Å². The molecular weight excluding hydrogens is 330 g/mol. The fourth-order valence-corrected chi connectivity index (χ4v) is 4.09. The predicted octanol–water partition coefficient (Wildman–Crippen LogP) is 4.48. The van der Waals surface area contributed by atoms with E-state index in [1.807, 2.05) is 6.20 Å². The summed E-state index contributed by atoms with van der Waals surface area (Å²) in [5.41, 5.74) is 9.58. The molecule has 0 spiro atoms. The van der Waals surface area contributed by atoms with Gasteiger partial charge in [-0.25, -0.2) is 4.98 Å². The Bertz CT molecular complexity index is 1170. The van der Waals surface area contributed by atoms with Gasteiger partial charge in [0.1, 0.15) is 5.82 Å². The van der Waals surface area contributed by atoms with Crippen molar-refractivity contribution in [1.82, 2.24) is 20.2 Å². The van der Waals surface area contributed by atoms with Crippen molar-refractivity contribution in [2.75, 3.05) is 5.73 Å². The number of aromatic nitrogens is 4. The molecule has 2 aromatic carbocycles. The van der Waals surface area contributed by atoms with Crippen LogP contribution in [0.2, 0.25) is 0 Å². The summed E-state index contributed by atoms with van der Waals surface area (Å²) in [6.07, 6.45) is 5.11. The highest BCUT2D eigenvalue weighted by molar-refractivity contribution is 7.22. The molecule has 0 saturated heterocycles. The first kappa shape index (κ1) is 14.1. The second-order valence-electron chi connectivity index (χ2n) is 5.83. The lowest BCUT2D eigenvalue weighted by Gasteiger charge is -2.06. The zero-order valence-corrected chi connectivity index (χ0v) is 13.9. The summed E-state index contributed by atoms with van der Waals surface area (Å²) in [5, 5.41) is 9.62. The van der Waals surface area contributed by atoms with Crippen molar-refractivity contribution in [2.45, 2.75) is 0 Å². The number of thiophene rings is 1. The molecule has 0 saturated carbocycles. The molecule has 3 aromatic heterocycles. The van der Waals surface area contributed by atoms with Crippen LogP contribution in [-0.2, 0) is 0 Å². The first-order chi connectivity index (χ1) is 12.3. The first-order valence-electron chi connectivity index (χ1n) is 7.82. The maximum atomic E-state index is 5.66. The van der Waals surface area contributed by atoms with E-state index in [1.165, 1.54) is 15.0 Å². The van der Waals surface area contributed by atoms with E-state index in [-0.39, 0.29) is 0 Å². The van der Waals surface area contributed by atoms with Crippen LogP contribution in [0.15, 0.2) is 61.1 Å². The van der Waals surface area contributed by atoms with Crippen LogP contribution >= 0.6 is 11.3 Å². The molecule has 0 bridgehead atoms. The topological polar surface area (TPSA) is 80.5 Å². The van der Waals surface area contributed by atoms with Gasteiger partial charge in [-0.1, -0.05) is 18.2 Å². The van der Waals surface area contributed by atoms with Gasteiger partial charge in [0.15, 0.2) is 0 Å². The van der Waals surface area contributed by atoms with E-state index in [4.69, 9.17) is 5.73 Å². The van der Waals surface area contributed by atoms with Gasteiger partial charge in [0, 0.05) is 26.1 Å². The quantitative estimate of drug-likeness (QED) is 0.495. The third-order valence-corrected chi connectivity index (χ3v) is 5.36. The van der Waals surface area contributed by atoms with Crippen LogP contribution in [-0.4, -0.2) is 20.2 Å². The second kappa shape index (κ2) is 5.39. The maximum absolute atomic E-state index is 5.66. The van der Waals surface area contributed by atoms with Crippen molar-refractivity contribution in [3.63, 3.8) is 0 Å². The number of anilines is 1. The first-order valence-corrected chi connectivity index (χ1v) is 8.63. The van der Waals surface area contributed by atoms with Crippen LogP contribution in [0, 0.1) is 0 Å². The third kappa shape index (κ3) is 2.35. The molecule has 5 rings (SSSR count). The lowest BCUT2D eigenvalue weighted by Crippen LogP contribution is -1.92. The predicted molar refractivity (Wildman–Crippen MR) is 102 cm³/mol. The summed E-state index contributed by atoms with van der Waals surface area (Å²) >= 11 is 1.77. The zero-order chi connectivity index (χ0) is 16.8. The monoisotopic (exact) mass is 343 g/mol. The molecule has 5 aromatic rings. The Morgan fingerprint density at radius 2 is 1.84 bits per heavy atom. The van der Waals surface area contributed by atoms with Gasteiger partial charge in [0.25, 0.3) is 0 Å². The number of nitrogen functional groups attached to an aromatic ring is 1. The van der Waals surface area contributed by atoms with Gasteiger partial charge in [0.2, 0.25) is 0 Å². The van der Waals surface area contributed by atoms with Crippen LogP contribution in [0.25, 0.3) is 42.7 Å². The van der Waals surface area contributed by atoms with E-state index in [1.54, 1.807) is 23.7 Å². The van der Waals surface area contributed by atoms with Gasteiger partial charge < -0.3 is 5.73 Å². The minimum Gasteiger partial charge on any atom is -0.382 e. The molecule has 0 atom stereocenters. The van der Waals surface area contributed by atoms with E-state index in [0.29, 0.717) is 5.82 Å². The molecule has 0 aliphatic carbocycles. The van der Waals surface area contributed by atoms with Crippen LogP contribution in [0.3, 0.4) is 0 Å². The van der Waals surface area contributed by atoms with E-state index >= 15 is 0 Å². The fourth-order valence-electron chi connectivity index (χ4n) is 3.00. The molecule has 0 aliphatic heterocycles. The minimum atomic E-state index is 0.415. The van der Waals surface area contributed by atoms with Gasteiger partial charge in [-0.15, -0.1) is 11.3 Å². The molecule has 6 heteroatoms. The Morgan fingerprint density at radius 3 is 2.68 bits per heavy atom. The number of aromatic amines is 1. The third-order valence-electron chi connectivity index (χ3n) is 4.21. The highest BCUT2D eigenvalue weighted by Crippen LogP contribution is 2.38. The Morgan fingerprint density at radius 1 is 0.920 bits per heavy atom. The number of fused-ring (bicyclic) bond motifs is 2. The van der Waals surface area contributed by atoms with Gasteiger partial charge in [0.05, 0.1) is 29.8 Å². The van der Waals surface area contributed by atoms with Crippen LogP contribution in [0.5, 0.6) is 0 Å². The number of hydrogen-bond acceptors (Lipinski definition) is 5. The summed E-state index contributed by atoms with van der Waals surface area (Å²) in [5.74, 6) is 0.415. The number of nitrogens with one attached hydrogen (secondary N) is 1. The van der Waals surface area contributed by atoms with Crippen molar-refractivity contribution >= 4 is 38.1 Å². The number of benzene rings is 2. The SMILES string of the molecule is Nc1cnc(-c2cc(-c3cc4ccccc4s3)c3[nH]ncc3c2)cn1.